The van der Waals surface area contributed by atoms with Gasteiger partial charge >= 0.3 is 5.97 Å². The zero-order valence-corrected chi connectivity index (χ0v) is 13.8. The number of aliphatic carboxylic acids is 1. The summed E-state index contributed by atoms with van der Waals surface area (Å²) in [6.45, 7) is 1.90. The molecular formula is C16H22N2O4S. The van der Waals surface area contributed by atoms with Crippen molar-refractivity contribution in [1.82, 2.24) is 4.98 Å². The molecule has 0 spiro atoms. The summed E-state index contributed by atoms with van der Waals surface area (Å²) in [6, 6.07) is 6.91. The van der Waals surface area contributed by atoms with Crippen LogP contribution in [-0.2, 0) is 16.0 Å². The fourth-order valence-electron chi connectivity index (χ4n) is 2.02. The number of rotatable bonds is 6. The number of fused-ring (bicyclic) bond motifs is 1. The second kappa shape index (κ2) is 9.34. The van der Waals surface area contributed by atoms with E-state index in [0.717, 1.165) is 22.9 Å². The average molecular weight is 338 g/mol. The van der Waals surface area contributed by atoms with Crippen LogP contribution < -0.4 is 5.73 Å². The molecule has 0 radical (unpaired) electrons. The van der Waals surface area contributed by atoms with Gasteiger partial charge in [0.25, 0.3) is 0 Å². The van der Waals surface area contributed by atoms with E-state index in [1.54, 1.807) is 0 Å². The predicted molar refractivity (Wildman–Crippen MR) is 92.5 cm³/mol. The SMILES string of the molecule is CCCC(O)C(=O)S.N[C@@H](Cc1c[nH]c2ccccc12)C(=O)O. The predicted octanol–water partition coefficient (Wildman–Crippen LogP) is 1.73. The van der Waals surface area contributed by atoms with Crippen LogP contribution in [-0.4, -0.2) is 38.4 Å². The van der Waals surface area contributed by atoms with Crippen LogP contribution in [0.5, 0.6) is 0 Å². The van der Waals surface area contributed by atoms with Gasteiger partial charge in [0.2, 0.25) is 5.12 Å². The number of aromatic nitrogens is 1. The molecule has 0 saturated heterocycles. The van der Waals surface area contributed by atoms with Crippen LogP contribution in [0.15, 0.2) is 30.5 Å². The lowest BCUT2D eigenvalue weighted by Gasteiger charge is -2.04. The number of aromatic amines is 1. The highest BCUT2D eigenvalue weighted by atomic mass is 32.1. The summed E-state index contributed by atoms with van der Waals surface area (Å²) in [7, 11) is 0. The van der Waals surface area contributed by atoms with Crippen LogP contribution in [0.25, 0.3) is 10.9 Å². The molecule has 1 aromatic carbocycles. The molecule has 2 rings (SSSR count). The fraction of sp³-hybridized carbons (Fsp3) is 0.375. The van der Waals surface area contributed by atoms with Crippen LogP contribution in [0, 0.1) is 0 Å². The van der Waals surface area contributed by atoms with Gasteiger partial charge in [-0.15, -0.1) is 12.6 Å². The molecule has 126 valence electrons. The summed E-state index contributed by atoms with van der Waals surface area (Å²) in [4.78, 5) is 23.9. The lowest BCUT2D eigenvalue weighted by Crippen LogP contribution is -2.32. The van der Waals surface area contributed by atoms with E-state index in [-0.39, 0.29) is 0 Å². The molecule has 0 aliphatic rings. The molecule has 1 aromatic heterocycles. The number of aliphatic hydroxyl groups excluding tert-OH is 1. The second-order valence-electron chi connectivity index (χ2n) is 5.15. The van der Waals surface area contributed by atoms with Gasteiger partial charge < -0.3 is 20.9 Å². The quantitative estimate of drug-likeness (QED) is 0.514. The van der Waals surface area contributed by atoms with Crippen LogP contribution in [0.2, 0.25) is 0 Å². The number of benzene rings is 1. The molecule has 23 heavy (non-hydrogen) atoms. The molecule has 6 nitrogen and oxygen atoms in total. The minimum atomic E-state index is -0.972. The van der Waals surface area contributed by atoms with Crippen molar-refractivity contribution in [2.75, 3.05) is 0 Å². The van der Waals surface area contributed by atoms with Crippen molar-refractivity contribution in [2.24, 2.45) is 5.73 Å². The smallest absolute Gasteiger partial charge is 0.320 e. The fourth-order valence-corrected chi connectivity index (χ4v) is 2.15. The Labute approximate surface area is 140 Å². The largest absolute Gasteiger partial charge is 0.480 e. The van der Waals surface area contributed by atoms with Crippen LogP contribution in [0.3, 0.4) is 0 Å². The first-order chi connectivity index (χ1) is 10.9. The maximum Gasteiger partial charge on any atom is 0.320 e. The highest BCUT2D eigenvalue weighted by Crippen LogP contribution is 2.18. The normalized spacial score (nSPS) is 13.0. The van der Waals surface area contributed by atoms with Crippen LogP contribution >= 0.6 is 12.6 Å². The van der Waals surface area contributed by atoms with Gasteiger partial charge in [-0.25, -0.2) is 0 Å². The van der Waals surface area contributed by atoms with Crippen molar-refractivity contribution in [2.45, 2.75) is 38.3 Å². The molecule has 2 atom stereocenters. The van der Waals surface area contributed by atoms with Gasteiger partial charge in [0.1, 0.15) is 12.1 Å². The number of hydrogen-bond acceptors (Lipinski definition) is 4. The Morgan fingerprint density at radius 1 is 1.35 bits per heavy atom. The number of aliphatic hydroxyl groups is 1. The molecular weight excluding hydrogens is 316 g/mol. The van der Waals surface area contributed by atoms with Crippen molar-refractivity contribution in [3.8, 4) is 0 Å². The van der Waals surface area contributed by atoms with Gasteiger partial charge in [0.05, 0.1) is 0 Å². The number of para-hydroxylation sites is 1. The number of nitrogens with two attached hydrogens (primary N) is 1. The van der Waals surface area contributed by atoms with Crippen molar-refractivity contribution in [3.05, 3.63) is 36.0 Å². The minimum Gasteiger partial charge on any atom is -0.480 e. The lowest BCUT2D eigenvalue weighted by atomic mass is 10.1. The van der Waals surface area contributed by atoms with Crippen molar-refractivity contribution in [3.63, 3.8) is 0 Å². The molecule has 0 aliphatic heterocycles. The highest BCUT2D eigenvalue weighted by molar-refractivity contribution is 7.96. The molecule has 0 saturated carbocycles. The monoisotopic (exact) mass is 338 g/mol. The molecule has 0 aliphatic carbocycles. The van der Waals surface area contributed by atoms with Crippen molar-refractivity contribution < 1.29 is 19.8 Å². The summed E-state index contributed by atoms with van der Waals surface area (Å²) in [5, 5.41) is 18.0. The zero-order valence-electron chi connectivity index (χ0n) is 12.9. The number of nitrogens with one attached hydrogen (secondary N) is 1. The number of H-pyrrole nitrogens is 1. The Hall–Kier alpha value is -1.83. The first-order valence-electron chi connectivity index (χ1n) is 7.31. The van der Waals surface area contributed by atoms with E-state index in [9.17, 15) is 9.59 Å². The zero-order chi connectivity index (χ0) is 17.4. The summed E-state index contributed by atoms with van der Waals surface area (Å²) >= 11 is 3.44. The number of thiol groups is 1. The second-order valence-corrected chi connectivity index (χ2v) is 5.59. The maximum atomic E-state index is 10.6. The van der Waals surface area contributed by atoms with E-state index in [1.807, 2.05) is 37.4 Å². The molecule has 1 heterocycles. The van der Waals surface area contributed by atoms with Gasteiger partial charge in [-0.1, -0.05) is 31.5 Å². The van der Waals surface area contributed by atoms with Gasteiger partial charge in [-0.2, -0.15) is 0 Å². The van der Waals surface area contributed by atoms with Gasteiger partial charge in [0, 0.05) is 23.5 Å². The average Bonchev–Trinajstić information content (AvgIpc) is 2.91. The Balaban J connectivity index is 0.000000284. The van der Waals surface area contributed by atoms with E-state index < -0.39 is 23.2 Å². The number of carboxylic acid groups (broad SMARTS) is 1. The summed E-state index contributed by atoms with van der Waals surface area (Å²) < 4.78 is 0. The molecule has 5 N–H and O–H groups in total. The molecule has 7 heteroatoms. The Morgan fingerprint density at radius 2 is 2.00 bits per heavy atom. The first-order valence-corrected chi connectivity index (χ1v) is 7.75. The number of carbonyl (C=O) groups excluding carboxylic acids is 1. The molecule has 1 unspecified atom stereocenters. The Morgan fingerprint density at radius 3 is 2.52 bits per heavy atom. The first kappa shape index (κ1) is 19.2. The molecule has 0 amide bonds. The number of carbonyl (C=O) groups is 2. The van der Waals surface area contributed by atoms with Crippen molar-refractivity contribution in [1.29, 1.82) is 0 Å². The summed E-state index contributed by atoms with van der Waals surface area (Å²) in [5.74, 6) is -0.972. The topological polar surface area (TPSA) is 116 Å². The van der Waals surface area contributed by atoms with Crippen molar-refractivity contribution >= 4 is 34.6 Å². The number of hydrogen-bond donors (Lipinski definition) is 5. The molecule has 2 aromatic rings. The standard InChI is InChI=1S/C11H12N2O2.C5H10O2S/c12-9(11(14)15)5-7-6-13-10-4-2-1-3-8(7)10;1-2-3-4(6)5(7)8/h1-4,6,9,13H,5,12H2,(H,14,15);4,6H,2-3H2,1H3,(H,7,8)/t9-;/m0./s1. The highest BCUT2D eigenvalue weighted by Gasteiger charge is 2.14. The van der Waals surface area contributed by atoms with E-state index >= 15 is 0 Å². The van der Waals surface area contributed by atoms with E-state index in [2.05, 4.69) is 17.6 Å². The van der Waals surface area contributed by atoms with Gasteiger partial charge in [-0.05, 0) is 18.1 Å². The summed E-state index contributed by atoms with van der Waals surface area (Å²) in [6.07, 6.45) is 2.63. The third-order valence-corrected chi connectivity index (χ3v) is 3.58. The Bertz CT molecular complexity index is 656. The Kier molecular flexibility index (Phi) is 7.80. The lowest BCUT2D eigenvalue weighted by molar-refractivity contribution is -0.138. The third-order valence-electron chi connectivity index (χ3n) is 3.28. The molecule has 0 fully saturated rings. The van der Waals surface area contributed by atoms with Gasteiger partial charge in [0.15, 0.2) is 0 Å². The number of carboxylic acids is 1. The van der Waals surface area contributed by atoms with Crippen LogP contribution in [0.1, 0.15) is 25.3 Å². The van der Waals surface area contributed by atoms with E-state index in [4.69, 9.17) is 15.9 Å². The molecule has 0 bridgehead atoms. The van der Waals surface area contributed by atoms with E-state index in [1.165, 1.54) is 0 Å². The maximum absolute atomic E-state index is 10.6. The van der Waals surface area contributed by atoms with Gasteiger partial charge in [-0.3, -0.25) is 9.59 Å². The minimum absolute atomic E-state index is 0.347. The third kappa shape index (κ3) is 6.05. The summed E-state index contributed by atoms with van der Waals surface area (Å²) in [5.41, 5.74) is 7.43. The van der Waals surface area contributed by atoms with E-state index in [0.29, 0.717) is 12.8 Å². The van der Waals surface area contributed by atoms with Crippen LogP contribution in [0.4, 0.5) is 0 Å².